The normalized spacial score (nSPS) is 11.6. The first-order chi connectivity index (χ1) is 8.76. The fraction of sp³-hybridized carbons (Fsp3) is 0.615. The first kappa shape index (κ1) is 15.0. The molecule has 0 fully saturated rings. The highest BCUT2D eigenvalue weighted by Gasteiger charge is 1.99. The van der Waals surface area contributed by atoms with Crippen LogP contribution in [0.3, 0.4) is 0 Å². The Morgan fingerprint density at radius 2 is 2.22 bits per heavy atom. The summed E-state index contributed by atoms with van der Waals surface area (Å²) in [6.07, 6.45) is 0.993. The molecular weight excluding hydrogens is 246 g/mol. The number of ether oxygens (including phenoxy) is 1. The maximum Gasteiger partial charge on any atom is 0.191 e. The van der Waals surface area contributed by atoms with Crippen molar-refractivity contribution in [3.05, 3.63) is 21.9 Å². The molecule has 0 aliphatic rings. The summed E-state index contributed by atoms with van der Waals surface area (Å²) in [4.78, 5) is 6.85. The van der Waals surface area contributed by atoms with E-state index in [2.05, 4.69) is 34.7 Å². The van der Waals surface area contributed by atoms with Gasteiger partial charge in [-0.15, -0.1) is 11.3 Å². The topological polar surface area (TPSA) is 45.6 Å². The van der Waals surface area contributed by atoms with Gasteiger partial charge in [-0.1, -0.05) is 0 Å². The van der Waals surface area contributed by atoms with Gasteiger partial charge >= 0.3 is 0 Å². The number of hydrogen-bond donors (Lipinski definition) is 2. The number of guanidine groups is 1. The second-order valence-corrected chi connectivity index (χ2v) is 5.29. The summed E-state index contributed by atoms with van der Waals surface area (Å²) in [5.74, 6) is 0.845. The molecule has 0 saturated carbocycles. The Bertz CT molecular complexity index is 363. The highest BCUT2D eigenvalue weighted by molar-refractivity contribution is 7.11. The summed E-state index contributed by atoms with van der Waals surface area (Å²) in [5, 5.41) is 6.57. The largest absolute Gasteiger partial charge is 0.382 e. The number of thiophene rings is 1. The van der Waals surface area contributed by atoms with Crippen LogP contribution in [-0.4, -0.2) is 32.8 Å². The van der Waals surface area contributed by atoms with Gasteiger partial charge in [-0.25, -0.2) is 0 Å². The standard InChI is InChI=1S/C13H23N3OS/c1-4-17-9-5-8-15-13(14-3)16-10-12-7-6-11(2)18-12/h6-7H,4-5,8-10H2,1-3H3,(H2,14,15,16). The molecule has 4 nitrogen and oxygen atoms in total. The van der Waals surface area contributed by atoms with E-state index in [0.29, 0.717) is 0 Å². The van der Waals surface area contributed by atoms with Crippen molar-refractivity contribution < 1.29 is 4.74 Å². The third kappa shape index (κ3) is 6.02. The summed E-state index contributed by atoms with van der Waals surface area (Å²) >= 11 is 1.81. The lowest BCUT2D eigenvalue weighted by Crippen LogP contribution is -2.37. The van der Waals surface area contributed by atoms with E-state index in [4.69, 9.17) is 4.74 Å². The third-order valence-electron chi connectivity index (χ3n) is 2.41. The number of hydrogen-bond acceptors (Lipinski definition) is 3. The van der Waals surface area contributed by atoms with Crippen LogP contribution in [0.1, 0.15) is 23.1 Å². The van der Waals surface area contributed by atoms with Gasteiger partial charge in [0.25, 0.3) is 0 Å². The Morgan fingerprint density at radius 3 is 2.83 bits per heavy atom. The molecule has 18 heavy (non-hydrogen) atoms. The van der Waals surface area contributed by atoms with Crippen molar-refractivity contribution in [2.45, 2.75) is 26.8 Å². The minimum absolute atomic E-state index is 0.782. The number of nitrogens with one attached hydrogen (secondary N) is 2. The lowest BCUT2D eigenvalue weighted by atomic mass is 10.4. The van der Waals surface area contributed by atoms with Crippen LogP contribution >= 0.6 is 11.3 Å². The van der Waals surface area contributed by atoms with E-state index < -0.39 is 0 Å². The average Bonchev–Trinajstić information content (AvgIpc) is 2.78. The van der Waals surface area contributed by atoms with Gasteiger partial charge in [0, 0.05) is 36.6 Å². The molecule has 0 aromatic carbocycles. The maximum atomic E-state index is 5.28. The van der Waals surface area contributed by atoms with Crippen LogP contribution < -0.4 is 10.6 Å². The highest BCUT2D eigenvalue weighted by atomic mass is 32.1. The number of nitrogens with zero attached hydrogens (tertiary/aromatic N) is 1. The van der Waals surface area contributed by atoms with Crippen LogP contribution in [0.15, 0.2) is 17.1 Å². The summed E-state index contributed by atoms with van der Waals surface area (Å²) in [5.41, 5.74) is 0. The van der Waals surface area contributed by atoms with Crippen LogP contribution in [0.4, 0.5) is 0 Å². The Morgan fingerprint density at radius 1 is 1.39 bits per heavy atom. The van der Waals surface area contributed by atoms with Crippen LogP contribution in [0.5, 0.6) is 0 Å². The monoisotopic (exact) mass is 269 g/mol. The lowest BCUT2D eigenvalue weighted by molar-refractivity contribution is 0.145. The molecule has 0 aliphatic carbocycles. The van der Waals surface area contributed by atoms with Gasteiger partial charge in [-0.3, -0.25) is 4.99 Å². The number of aliphatic imine (C=N–C) groups is 1. The van der Waals surface area contributed by atoms with Gasteiger partial charge in [-0.05, 0) is 32.4 Å². The van der Waals surface area contributed by atoms with E-state index in [1.54, 1.807) is 7.05 Å². The van der Waals surface area contributed by atoms with E-state index in [9.17, 15) is 0 Å². The van der Waals surface area contributed by atoms with Gasteiger partial charge in [0.15, 0.2) is 5.96 Å². The molecule has 1 heterocycles. The van der Waals surface area contributed by atoms with Gasteiger partial charge in [0.2, 0.25) is 0 Å². The third-order valence-corrected chi connectivity index (χ3v) is 3.41. The molecule has 1 aromatic heterocycles. The SMILES string of the molecule is CCOCCCNC(=NC)NCc1ccc(C)s1. The minimum atomic E-state index is 0.782. The average molecular weight is 269 g/mol. The Kier molecular flexibility index (Phi) is 7.44. The molecule has 0 spiro atoms. The quantitative estimate of drug-likeness (QED) is 0.453. The first-order valence-corrected chi connectivity index (χ1v) is 7.15. The van der Waals surface area contributed by atoms with Crippen LogP contribution in [-0.2, 0) is 11.3 Å². The predicted octanol–water partition coefficient (Wildman–Crippen LogP) is 2.15. The van der Waals surface area contributed by atoms with Gasteiger partial charge in [0.1, 0.15) is 0 Å². The van der Waals surface area contributed by atoms with E-state index in [1.807, 2.05) is 18.3 Å². The van der Waals surface area contributed by atoms with Gasteiger partial charge in [-0.2, -0.15) is 0 Å². The van der Waals surface area contributed by atoms with Gasteiger partial charge < -0.3 is 15.4 Å². The molecule has 0 radical (unpaired) electrons. The van der Waals surface area contributed by atoms with Crippen molar-refractivity contribution in [1.82, 2.24) is 10.6 Å². The fourth-order valence-electron chi connectivity index (χ4n) is 1.50. The second-order valence-electron chi connectivity index (χ2n) is 3.92. The molecule has 0 saturated heterocycles. The van der Waals surface area contributed by atoms with E-state index >= 15 is 0 Å². The fourth-order valence-corrected chi connectivity index (χ4v) is 2.33. The molecule has 0 unspecified atom stereocenters. The molecule has 0 atom stereocenters. The summed E-state index contributed by atoms with van der Waals surface area (Å²) in [6.45, 7) is 7.41. The molecule has 0 amide bonds. The van der Waals surface area contributed by atoms with Crippen molar-refractivity contribution in [3.8, 4) is 0 Å². The predicted molar refractivity (Wildman–Crippen MR) is 78.4 cm³/mol. The van der Waals surface area contributed by atoms with E-state index in [0.717, 1.165) is 38.7 Å². The number of aryl methyl sites for hydroxylation is 1. The second kappa shape index (κ2) is 8.94. The minimum Gasteiger partial charge on any atom is -0.382 e. The molecule has 2 N–H and O–H groups in total. The lowest BCUT2D eigenvalue weighted by Gasteiger charge is -2.11. The summed E-state index contributed by atoms with van der Waals surface area (Å²) in [7, 11) is 1.79. The zero-order valence-corrected chi connectivity index (χ0v) is 12.3. The van der Waals surface area contributed by atoms with Crippen LogP contribution in [0.2, 0.25) is 0 Å². The van der Waals surface area contributed by atoms with Crippen molar-refractivity contribution in [1.29, 1.82) is 0 Å². The van der Waals surface area contributed by atoms with Crippen molar-refractivity contribution in [2.75, 3.05) is 26.8 Å². The maximum absolute atomic E-state index is 5.28. The van der Waals surface area contributed by atoms with Gasteiger partial charge in [0.05, 0.1) is 6.54 Å². The van der Waals surface area contributed by atoms with Crippen LogP contribution in [0, 0.1) is 6.92 Å². The molecule has 1 aromatic rings. The summed E-state index contributed by atoms with van der Waals surface area (Å²) < 4.78 is 5.28. The van der Waals surface area contributed by atoms with E-state index in [-0.39, 0.29) is 0 Å². The highest BCUT2D eigenvalue weighted by Crippen LogP contribution is 2.14. The zero-order valence-electron chi connectivity index (χ0n) is 11.5. The smallest absolute Gasteiger partial charge is 0.191 e. The number of rotatable bonds is 7. The zero-order chi connectivity index (χ0) is 13.2. The van der Waals surface area contributed by atoms with E-state index in [1.165, 1.54) is 9.75 Å². The molecular formula is C13H23N3OS. The molecule has 0 bridgehead atoms. The summed E-state index contributed by atoms with van der Waals surface area (Å²) in [6, 6.07) is 4.29. The molecule has 5 heteroatoms. The molecule has 102 valence electrons. The van der Waals surface area contributed by atoms with Crippen molar-refractivity contribution in [3.63, 3.8) is 0 Å². The van der Waals surface area contributed by atoms with Crippen LogP contribution in [0.25, 0.3) is 0 Å². The first-order valence-electron chi connectivity index (χ1n) is 6.33. The Hall–Kier alpha value is -1.07. The molecule has 0 aliphatic heterocycles. The Balaban J connectivity index is 2.18. The van der Waals surface area contributed by atoms with Crippen molar-refractivity contribution in [2.24, 2.45) is 4.99 Å². The molecule has 1 rings (SSSR count). The Labute approximate surface area is 113 Å². The van der Waals surface area contributed by atoms with Crippen molar-refractivity contribution >= 4 is 17.3 Å².